The first-order valence-corrected chi connectivity index (χ1v) is 7.96. The van der Waals surface area contributed by atoms with Crippen molar-refractivity contribution in [3.8, 4) is 17.6 Å². The number of nitrogens with one attached hydrogen (secondary N) is 1. The standard InChI is InChI=1S/C19H19N3O3/c1-13(19(23)21-16-6-3-14(10-20)4-7-16)22(2)11-15-5-8-17-18(9-15)25-12-24-17/h3-9,13H,11-12H2,1-2H3,(H,21,23)/t13-/m0/s1. The van der Waals surface area contributed by atoms with E-state index in [1.807, 2.05) is 37.1 Å². The number of anilines is 1. The Morgan fingerprint density at radius 2 is 1.96 bits per heavy atom. The minimum absolute atomic E-state index is 0.104. The predicted octanol–water partition coefficient (Wildman–Crippen LogP) is 2.75. The molecule has 1 heterocycles. The van der Waals surface area contributed by atoms with Crippen LogP contribution in [0.15, 0.2) is 42.5 Å². The molecule has 6 nitrogen and oxygen atoms in total. The number of hydrogen-bond acceptors (Lipinski definition) is 5. The van der Waals surface area contributed by atoms with E-state index in [-0.39, 0.29) is 18.7 Å². The molecular formula is C19H19N3O3. The van der Waals surface area contributed by atoms with E-state index in [4.69, 9.17) is 14.7 Å². The number of carbonyl (C=O) groups excluding carboxylic acids is 1. The van der Waals surface area contributed by atoms with Gasteiger partial charge in [-0.1, -0.05) is 6.07 Å². The minimum Gasteiger partial charge on any atom is -0.454 e. The molecule has 1 N–H and O–H groups in total. The molecule has 2 aromatic rings. The highest BCUT2D eigenvalue weighted by Gasteiger charge is 2.20. The van der Waals surface area contributed by atoms with Gasteiger partial charge in [0.15, 0.2) is 11.5 Å². The maximum absolute atomic E-state index is 12.4. The summed E-state index contributed by atoms with van der Waals surface area (Å²) in [6, 6.07) is 14.3. The normalized spacial score (nSPS) is 13.4. The van der Waals surface area contributed by atoms with E-state index in [2.05, 4.69) is 11.4 Å². The summed E-state index contributed by atoms with van der Waals surface area (Å²) >= 11 is 0. The van der Waals surface area contributed by atoms with Crippen LogP contribution in [0.25, 0.3) is 0 Å². The number of likely N-dealkylation sites (N-methyl/N-ethyl adjacent to an activating group) is 1. The molecule has 1 amide bonds. The molecular weight excluding hydrogens is 318 g/mol. The third-order valence-electron chi connectivity index (χ3n) is 4.19. The Hall–Kier alpha value is -3.04. The first kappa shape index (κ1) is 16.8. The van der Waals surface area contributed by atoms with Gasteiger partial charge in [-0.25, -0.2) is 0 Å². The maximum atomic E-state index is 12.4. The van der Waals surface area contributed by atoms with Crippen molar-refractivity contribution in [3.05, 3.63) is 53.6 Å². The van der Waals surface area contributed by atoms with Gasteiger partial charge < -0.3 is 14.8 Å². The summed E-state index contributed by atoms with van der Waals surface area (Å²) in [5, 5.41) is 11.7. The number of amides is 1. The Morgan fingerprint density at radius 1 is 1.24 bits per heavy atom. The quantitative estimate of drug-likeness (QED) is 0.908. The zero-order valence-corrected chi connectivity index (χ0v) is 14.2. The molecule has 1 aliphatic rings. The molecule has 0 unspecified atom stereocenters. The topological polar surface area (TPSA) is 74.6 Å². The summed E-state index contributed by atoms with van der Waals surface area (Å²) in [6.45, 7) is 2.71. The summed E-state index contributed by atoms with van der Waals surface area (Å²) in [5.41, 5.74) is 2.28. The lowest BCUT2D eigenvalue weighted by atomic mass is 10.1. The highest BCUT2D eigenvalue weighted by atomic mass is 16.7. The Bertz CT molecular complexity index is 812. The molecule has 0 radical (unpaired) electrons. The van der Waals surface area contributed by atoms with Crippen LogP contribution in [0.1, 0.15) is 18.1 Å². The minimum atomic E-state index is -0.318. The van der Waals surface area contributed by atoms with E-state index in [1.165, 1.54) is 0 Å². The lowest BCUT2D eigenvalue weighted by Crippen LogP contribution is -2.39. The van der Waals surface area contributed by atoms with Gasteiger partial charge in [0.1, 0.15) is 0 Å². The smallest absolute Gasteiger partial charge is 0.241 e. The zero-order valence-electron chi connectivity index (χ0n) is 14.2. The second-order valence-corrected chi connectivity index (χ2v) is 5.96. The number of benzene rings is 2. The first-order valence-electron chi connectivity index (χ1n) is 7.96. The highest BCUT2D eigenvalue weighted by Crippen LogP contribution is 2.32. The van der Waals surface area contributed by atoms with Crippen LogP contribution in [0.5, 0.6) is 11.5 Å². The molecule has 128 valence electrons. The van der Waals surface area contributed by atoms with Gasteiger partial charge in [-0.2, -0.15) is 5.26 Å². The van der Waals surface area contributed by atoms with Crippen molar-refractivity contribution >= 4 is 11.6 Å². The molecule has 3 rings (SSSR count). The first-order chi connectivity index (χ1) is 12.1. The third-order valence-corrected chi connectivity index (χ3v) is 4.19. The number of nitriles is 1. The van der Waals surface area contributed by atoms with E-state index < -0.39 is 0 Å². The fraction of sp³-hybridized carbons (Fsp3) is 0.263. The largest absolute Gasteiger partial charge is 0.454 e. The van der Waals surface area contributed by atoms with E-state index in [0.717, 1.165) is 17.1 Å². The van der Waals surface area contributed by atoms with Crippen LogP contribution in [0.3, 0.4) is 0 Å². The number of carbonyl (C=O) groups is 1. The lowest BCUT2D eigenvalue weighted by molar-refractivity contribution is -0.120. The summed E-state index contributed by atoms with van der Waals surface area (Å²) < 4.78 is 10.7. The molecule has 0 spiro atoms. The molecule has 0 saturated heterocycles. The fourth-order valence-electron chi connectivity index (χ4n) is 2.54. The lowest BCUT2D eigenvalue weighted by Gasteiger charge is -2.24. The van der Waals surface area contributed by atoms with Crippen LogP contribution in [-0.2, 0) is 11.3 Å². The van der Waals surface area contributed by atoms with Gasteiger partial charge in [-0.3, -0.25) is 9.69 Å². The second-order valence-electron chi connectivity index (χ2n) is 5.96. The monoisotopic (exact) mass is 337 g/mol. The van der Waals surface area contributed by atoms with Gasteiger partial charge >= 0.3 is 0 Å². The molecule has 1 atom stereocenters. The van der Waals surface area contributed by atoms with Gasteiger partial charge in [0, 0.05) is 12.2 Å². The van der Waals surface area contributed by atoms with E-state index in [9.17, 15) is 4.79 Å². The molecule has 2 aromatic carbocycles. The number of ether oxygens (including phenoxy) is 2. The summed E-state index contributed by atoms with van der Waals surface area (Å²) in [7, 11) is 1.90. The van der Waals surface area contributed by atoms with Crippen LogP contribution in [0.2, 0.25) is 0 Å². The van der Waals surface area contributed by atoms with E-state index in [1.54, 1.807) is 24.3 Å². The fourth-order valence-corrected chi connectivity index (χ4v) is 2.54. The molecule has 0 aliphatic carbocycles. The molecule has 0 bridgehead atoms. The number of fused-ring (bicyclic) bond motifs is 1. The second kappa shape index (κ2) is 7.24. The van der Waals surface area contributed by atoms with Gasteiger partial charge in [0.2, 0.25) is 12.7 Å². The molecule has 0 saturated carbocycles. The Balaban J connectivity index is 1.60. The van der Waals surface area contributed by atoms with Crippen molar-refractivity contribution in [1.29, 1.82) is 5.26 Å². The summed E-state index contributed by atoms with van der Waals surface area (Å²) in [5.74, 6) is 1.38. The maximum Gasteiger partial charge on any atom is 0.241 e. The van der Waals surface area contributed by atoms with E-state index >= 15 is 0 Å². The molecule has 6 heteroatoms. The molecule has 25 heavy (non-hydrogen) atoms. The average Bonchev–Trinajstić information content (AvgIpc) is 3.09. The van der Waals surface area contributed by atoms with Gasteiger partial charge in [-0.15, -0.1) is 0 Å². The van der Waals surface area contributed by atoms with Gasteiger partial charge in [0.25, 0.3) is 0 Å². The van der Waals surface area contributed by atoms with Crippen molar-refractivity contribution in [2.24, 2.45) is 0 Å². The highest BCUT2D eigenvalue weighted by molar-refractivity contribution is 5.94. The van der Waals surface area contributed by atoms with Crippen LogP contribution in [0, 0.1) is 11.3 Å². The third kappa shape index (κ3) is 3.90. The van der Waals surface area contributed by atoms with Gasteiger partial charge in [-0.05, 0) is 55.9 Å². The van der Waals surface area contributed by atoms with Crippen molar-refractivity contribution in [2.45, 2.75) is 19.5 Å². The summed E-state index contributed by atoms with van der Waals surface area (Å²) in [6.07, 6.45) is 0. The van der Waals surface area contributed by atoms with Crippen molar-refractivity contribution in [1.82, 2.24) is 4.90 Å². The Morgan fingerprint density at radius 3 is 2.68 bits per heavy atom. The average molecular weight is 337 g/mol. The van der Waals surface area contributed by atoms with Crippen LogP contribution in [-0.4, -0.2) is 30.7 Å². The zero-order chi connectivity index (χ0) is 17.8. The number of hydrogen-bond donors (Lipinski definition) is 1. The van der Waals surface area contributed by atoms with E-state index in [0.29, 0.717) is 17.8 Å². The predicted molar refractivity (Wildman–Crippen MR) is 93.3 cm³/mol. The molecule has 1 aliphatic heterocycles. The van der Waals surface area contributed by atoms with Crippen molar-refractivity contribution < 1.29 is 14.3 Å². The molecule has 0 aromatic heterocycles. The SMILES string of the molecule is C[C@@H](C(=O)Nc1ccc(C#N)cc1)N(C)Cc1ccc2c(c1)OCO2. The van der Waals surface area contributed by atoms with Crippen LogP contribution >= 0.6 is 0 Å². The van der Waals surface area contributed by atoms with Crippen LogP contribution < -0.4 is 14.8 Å². The molecule has 0 fully saturated rings. The Kier molecular flexibility index (Phi) is 4.87. The van der Waals surface area contributed by atoms with Crippen molar-refractivity contribution in [2.75, 3.05) is 19.2 Å². The van der Waals surface area contributed by atoms with Crippen molar-refractivity contribution in [3.63, 3.8) is 0 Å². The number of nitrogens with zero attached hydrogens (tertiary/aromatic N) is 2. The Labute approximate surface area is 146 Å². The number of rotatable bonds is 5. The van der Waals surface area contributed by atoms with Gasteiger partial charge in [0.05, 0.1) is 17.7 Å². The van der Waals surface area contributed by atoms with Crippen LogP contribution in [0.4, 0.5) is 5.69 Å². The summed E-state index contributed by atoms with van der Waals surface area (Å²) in [4.78, 5) is 14.4.